The third-order valence-electron chi connectivity index (χ3n) is 4.51. The molecule has 0 unspecified atom stereocenters. The van der Waals surface area contributed by atoms with Gasteiger partial charge in [-0.1, -0.05) is 37.1 Å². The summed E-state index contributed by atoms with van der Waals surface area (Å²) in [5.41, 5.74) is 1.68. The second-order valence-corrected chi connectivity index (χ2v) is 9.15. The highest BCUT2D eigenvalue weighted by Crippen LogP contribution is 2.39. The van der Waals surface area contributed by atoms with E-state index in [1.54, 1.807) is 6.08 Å². The van der Waals surface area contributed by atoms with Gasteiger partial charge in [0.05, 0.1) is 16.0 Å². The van der Waals surface area contributed by atoms with Gasteiger partial charge < -0.3 is 9.47 Å². The number of ether oxygens (including phenoxy) is 2. The first-order valence-electron chi connectivity index (χ1n) is 10.0. The van der Waals surface area contributed by atoms with Crippen molar-refractivity contribution in [1.29, 1.82) is 0 Å². The van der Waals surface area contributed by atoms with E-state index in [4.69, 9.17) is 21.1 Å². The zero-order chi connectivity index (χ0) is 22.4. The summed E-state index contributed by atoms with van der Waals surface area (Å²) in [6.45, 7) is 5.15. The average molecular weight is 525 g/mol. The van der Waals surface area contributed by atoms with E-state index in [0.717, 1.165) is 35.7 Å². The van der Waals surface area contributed by atoms with E-state index in [9.17, 15) is 9.59 Å². The summed E-state index contributed by atoms with van der Waals surface area (Å²) in [6.07, 6.45) is 3.43. The first-order valence-corrected chi connectivity index (χ1v) is 12.0. The molecule has 0 bridgehead atoms. The Morgan fingerprint density at radius 2 is 1.97 bits per heavy atom. The number of benzene rings is 2. The van der Waals surface area contributed by atoms with Crippen molar-refractivity contribution in [3.63, 3.8) is 0 Å². The molecule has 1 aliphatic rings. The minimum Gasteiger partial charge on any atom is -0.490 e. The normalized spacial score (nSPS) is 15.1. The van der Waals surface area contributed by atoms with E-state index in [2.05, 4.69) is 15.9 Å². The van der Waals surface area contributed by atoms with Crippen molar-refractivity contribution in [2.45, 2.75) is 33.3 Å². The molecule has 1 aliphatic heterocycles. The summed E-state index contributed by atoms with van der Waals surface area (Å²) < 4.78 is 12.5. The van der Waals surface area contributed by atoms with E-state index < -0.39 is 0 Å². The van der Waals surface area contributed by atoms with Gasteiger partial charge in [0.2, 0.25) is 0 Å². The third-order valence-corrected chi connectivity index (χ3v) is 6.24. The maximum atomic E-state index is 12.6. The van der Waals surface area contributed by atoms with E-state index in [1.165, 1.54) is 4.90 Å². The van der Waals surface area contributed by atoms with Gasteiger partial charge in [-0.2, -0.15) is 0 Å². The molecule has 0 spiro atoms. The summed E-state index contributed by atoms with van der Waals surface area (Å²) in [6, 6.07) is 11.1. The molecule has 2 amide bonds. The molecule has 0 radical (unpaired) electrons. The van der Waals surface area contributed by atoms with E-state index >= 15 is 0 Å². The maximum absolute atomic E-state index is 12.6. The number of nitrogens with zero attached hydrogens (tertiary/aromatic N) is 1. The number of carbonyl (C=O) groups excluding carboxylic acids is 2. The summed E-state index contributed by atoms with van der Waals surface area (Å²) in [7, 11) is 0. The molecular weight excluding hydrogens is 502 g/mol. The van der Waals surface area contributed by atoms with Crippen LogP contribution in [-0.4, -0.2) is 29.2 Å². The number of halogens is 2. The molecule has 0 atom stereocenters. The minimum atomic E-state index is -0.251. The molecule has 2 aromatic carbocycles. The van der Waals surface area contributed by atoms with Crippen LogP contribution in [0.1, 0.15) is 37.8 Å². The first-order chi connectivity index (χ1) is 14.9. The van der Waals surface area contributed by atoms with Gasteiger partial charge in [-0.05, 0) is 82.5 Å². The van der Waals surface area contributed by atoms with Crippen LogP contribution in [0.2, 0.25) is 5.02 Å². The standard InChI is InChI=1S/C23H23BrClNO4S/c1-3-5-9-26-22(27)20(31-23(26)28)13-16-11-18(24)21(19(12-16)29-4-2)30-14-15-7-6-8-17(25)10-15/h6-8,10-13H,3-5,9,14H2,1-2H3/b20-13-. The second kappa shape index (κ2) is 11.1. The van der Waals surface area contributed by atoms with Crippen LogP contribution in [0.5, 0.6) is 11.5 Å². The Morgan fingerprint density at radius 3 is 2.68 bits per heavy atom. The smallest absolute Gasteiger partial charge is 0.293 e. The van der Waals surface area contributed by atoms with Crippen molar-refractivity contribution >= 4 is 56.5 Å². The molecule has 0 aromatic heterocycles. The van der Waals surface area contributed by atoms with Gasteiger partial charge in [0.15, 0.2) is 11.5 Å². The topological polar surface area (TPSA) is 55.8 Å². The average Bonchev–Trinajstić information content (AvgIpc) is 2.98. The van der Waals surface area contributed by atoms with Gasteiger partial charge in [0, 0.05) is 11.6 Å². The SMILES string of the molecule is CCCCN1C(=O)S/C(=C\c2cc(Br)c(OCc3cccc(Cl)c3)c(OCC)c2)C1=O. The minimum absolute atomic E-state index is 0.227. The zero-order valence-corrected chi connectivity index (χ0v) is 20.5. The van der Waals surface area contributed by atoms with Gasteiger partial charge in [0.25, 0.3) is 11.1 Å². The molecule has 164 valence electrons. The fourth-order valence-corrected chi connectivity index (χ4v) is 4.67. The summed E-state index contributed by atoms with van der Waals surface area (Å²) in [5.74, 6) is 0.865. The molecule has 0 saturated carbocycles. The fourth-order valence-electron chi connectivity index (χ4n) is 3.02. The lowest BCUT2D eigenvalue weighted by atomic mass is 10.1. The largest absolute Gasteiger partial charge is 0.490 e. The van der Waals surface area contributed by atoms with Crippen molar-refractivity contribution in [2.24, 2.45) is 0 Å². The highest BCUT2D eigenvalue weighted by molar-refractivity contribution is 9.10. The van der Waals surface area contributed by atoms with Crippen LogP contribution in [0, 0.1) is 0 Å². The Kier molecular flexibility index (Phi) is 8.46. The molecule has 0 aliphatic carbocycles. The number of unbranched alkanes of at least 4 members (excludes halogenated alkanes) is 1. The number of hydrogen-bond acceptors (Lipinski definition) is 5. The number of amides is 2. The molecule has 1 fully saturated rings. The Balaban J connectivity index is 1.83. The Hall–Kier alpha value is -1.96. The van der Waals surface area contributed by atoms with Crippen LogP contribution < -0.4 is 9.47 Å². The summed E-state index contributed by atoms with van der Waals surface area (Å²) in [4.78, 5) is 26.5. The van der Waals surface area contributed by atoms with Crippen LogP contribution in [0.3, 0.4) is 0 Å². The lowest BCUT2D eigenvalue weighted by Gasteiger charge is -2.15. The first kappa shape index (κ1) is 23.7. The van der Waals surface area contributed by atoms with Crippen molar-refractivity contribution in [1.82, 2.24) is 4.90 Å². The quantitative estimate of drug-likeness (QED) is 0.333. The van der Waals surface area contributed by atoms with Gasteiger partial charge >= 0.3 is 0 Å². The van der Waals surface area contributed by atoms with E-state index in [-0.39, 0.29) is 11.1 Å². The molecule has 31 heavy (non-hydrogen) atoms. The van der Waals surface area contributed by atoms with Crippen LogP contribution in [0.25, 0.3) is 6.08 Å². The summed E-state index contributed by atoms with van der Waals surface area (Å²) in [5, 5.41) is 0.420. The molecule has 1 heterocycles. The molecule has 0 N–H and O–H groups in total. The van der Waals surface area contributed by atoms with Crippen molar-refractivity contribution in [3.05, 3.63) is 61.9 Å². The van der Waals surface area contributed by atoms with Crippen LogP contribution in [-0.2, 0) is 11.4 Å². The molecule has 2 aromatic rings. The van der Waals surface area contributed by atoms with Crippen molar-refractivity contribution in [2.75, 3.05) is 13.2 Å². The predicted molar refractivity (Wildman–Crippen MR) is 129 cm³/mol. The van der Waals surface area contributed by atoms with Crippen LogP contribution in [0.15, 0.2) is 45.8 Å². The number of carbonyl (C=O) groups is 2. The Bertz CT molecular complexity index is 1010. The Morgan fingerprint density at radius 1 is 1.16 bits per heavy atom. The number of imide groups is 1. The zero-order valence-electron chi connectivity index (χ0n) is 17.3. The van der Waals surface area contributed by atoms with Crippen LogP contribution >= 0.6 is 39.3 Å². The second-order valence-electron chi connectivity index (χ2n) is 6.87. The van der Waals surface area contributed by atoms with Crippen molar-refractivity contribution < 1.29 is 19.1 Å². The van der Waals surface area contributed by atoms with E-state index in [0.29, 0.717) is 45.7 Å². The van der Waals surface area contributed by atoms with Crippen molar-refractivity contribution in [3.8, 4) is 11.5 Å². The molecule has 5 nitrogen and oxygen atoms in total. The van der Waals surface area contributed by atoms with Crippen LogP contribution in [0.4, 0.5) is 4.79 Å². The molecule has 1 saturated heterocycles. The molecule has 8 heteroatoms. The predicted octanol–water partition coefficient (Wildman–Crippen LogP) is 6.92. The lowest BCUT2D eigenvalue weighted by molar-refractivity contribution is -0.122. The highest BCUT2D eigenvalue weighted by atomic mass is 79.9. The lowest BCUT2D eigenvalue weighted by Crippen LogP contribution is -2.29. The summed E-state index contributed by atoms with van der Waals surface area (Å²) >= 11 is 10.6. The highest BCUT2D eigenvalue weighted by Gasteiger charge is 2.34. The van der Waals surface area contributed by atoms with Gasteiger partial charge in [0.1, 0.15) is 6.61 Å². The third kappa shape index (κ3) is 6.05. The van der Waals surface area contributed by atoms with Gasteiger partial charge in [-0.25, -0.2) is 0 Å². The number of hydrogen-bond donors (Lipinski definition) is 0. The fraction of sp³-hybridized carbons (Fsp3) is 0.304. The molecular formula is C23H23BrClNO4S. The van der Waals surface area contributed by atoms with E-state index in [1.807, 2.05) is 50.2 Å². The Labute approximate surface area is 199 Å². The maximum Gasteiger partial charge on any atom is 0.293 e. The molecule has 3 rings (SSSR count). The number of thioether (sulfide) groups is 1. The van der Waals surface area contributed by atoms with Gasteiger partial charge in [-0.15, -0.1) is 0 Å². The van der Waals surface area contributed by atoms with Gasteiger partial charge in [-0.3, -0.25) is 14.5 Å². The monoisotopic (exact) mass is 523 g/mol. The number of rotatable bonds is 9.